The minimum absolute atomic E-state index is 0.0495. The second kappa shape index (κ2) is 5.84. The van der Waals surface area contributed by atoms with Crippen LogP contribution in [0.2, 0.25) is 0 Å². The van der Waals surface area contributed by atoms with Crippen LogP contribution in [0.15, 0.2) is 28.4 Å². The predicted octanol–water partition coefficient (Wildman–Crippen LogP) is 3.87. The van der Waals surface area contributed by atoms with E-state index in [0.29, 0.717) is 11.6 Å². The molecular weight excluding hydrogens is 276 g/mol. The highest BCUT2D eigenvalue weighted by Crippen LogP contribution is 2.37. The zero-order valence-corrected chi connectivity index (χ0v) is 12.2. The lowest BCUT2D eigenvalue weighted by Gasteiger charge is -2.23. The van der Waals surface area contributed by atoms with Crippen LogP contribution in [0, 0.1) is 5.92 Å². The Morgan fingerprint density at radius 3 is 2.89 bits per heavy atom. The van der Waals surface area contributed by atoms with Crippen molar-refractivity contribution in [3.8, 4) is 0 Å². The Bertz CT molecular complexity index is 516. The van der Waals surface area contributed by atoms with E-state index >= 15 is 0 Å². The SMILES string of the molecule is O=C(NC(c1cccs1)C1CCCC1)c1cscn1. The highest BCUT2D eigenvalue weighted by Gasteiger charge is 2.28. The van der Waals surface area contributed by atoms with Crippen LogP contribution in [-0.2, 0) is 0 Å². The summed E-state index contributed by atoms with van der Waals surface area (Å²) in [4.78, 5) is 17.6. The summed E-state index contributed by atoms with van der Waals surface area (Å²) in [6, 6.07) is 4.32. The third kappa shape index (κ3) is 2.87. The molecule has 1 unspecified atom stereocenters. The Hall–Kier alpha value is -1.20. The number of rotatable bonds is 4. The second-order valence-electron chi connectivity index (χ2n) is 4.88. The van der Waals surface area contributed by atoms with E-state index in [-0.39, 0.29) is 11.9 Å². The topological polar surface area (TPSA) is 42.0 Å². The summed E-state index contributed by atoms with van der Waals surface area (Å²) in [6.07, 6.45) is 4.97. The molecule has 0 bridgehead atoms. The van der Waals surface area contributed by atoms with Gasteiger partial charge in [-0.3, -0.25) is 4.79 Å². The van der Waals surface area contributed by atoms with Gasteiger partial charge in [-0.1, -0.05) is 18.9 Å². The molecule has 1 fully saturated rings. The number of thiophene rings is 1. The molecule has 0 aliphatic heterocycles. The molecule has 5 heteroatoms. The number of thiazole rings is 1. The lowest BCUT2D eigenvalue weighted by molar-refractivity contribution is 0.0918. The van der Waals surface area contributed by atoms with Crippen molar-refractivity contribution in [3.05, 3.63) is 39.0 Å². The van der Waals surface area contributed by atoms with Crippen LogP contribution in [0.4, 0.5) is 0 Å². The van der Waals surface area contributed by atoms with Crippen molar-refractivity contribution in [1.82, 2.24) is 10.3 Å². The summed E-state index contributed by atoms with van der Waals surface area (Å²) in [5.41, 5.74) is 2.23. The lowest BCUT2D eigenvalue weighted by atomic mass is 9.96. The maximum atomic E-state index is 12.2. The number of hydrogen-bond acceptors (Lipinski definition) is 4. The Kier molecular flexibility index (Phi) is 3.94. The van der Waals surface area contributed by atoms with E-state index in [1.54, 1.807) is 22.2 Å². The van der Waals surface area contributed by atoms with Crippen LogP contribution in [0.25, 0.3) is 0 Å². The molecule has 1 atom stereocenters. The second-order valence-corrected chi connectivity index (χ2v) is 6.58. The van der Waals surface area contributed by atoms with Crippen molar-refractivity contribution in [2.75, 3.05) is 0 Å². The monoisotopic (exact) mass is 292 g/mol. The van der Waals surface area contributed by atoms with E-state index in [9.17, 15) is 4.79 Å². The third-order valence-electron chi connectivity index (χ3n) is 3.67. The van der Waals surface area contributed by atoms with Gasteiger partial charge in [0.25, 0.3) is 5.91 Å². The van der Waals surface area contributed by atoms with Crippen LogP contribution in [0.1, 0.15) is 47.1 Å². The van der Waals surface area contributed by atoms with Gasteiger partial charge in [-0.2, -0.15) is 0 Å². The number of amides is 1. The van der Waals surface area contributed by atoms with Crippen molar-refractivity contribution in [1.29, 1.82) is 0 Å². The molecule has 1 saturated carbocycles. The van der Waals surface area contributed by atoms with Gasteiger partial charge in [0, 0.05) is 10.3 Å². The normalized spacial score (nSPS) is 17.5. The van der Waals surface area contributed by atoms with E-state index in [4.69, 9.17) is 0 Å². The molecular formula is C14H16N2OS2. The van der Waals surface area contributed by atoms with Gasteiger partial charge in [-0.15, -0.1) is 22.7 Å². The number of carbonyl (C=O) groups is 1. The van der Waals surface area contributed by atoms with Gasteiger partial charge in [0.05, 0.1) is 11.6 Å². The first-order valence-electron chi connectivity index (χ1n) is 6.57. The van der Waals surface area contributed by atoms with Crippen LogP contribution in [0.3, 0.4) is 0 Å². The number of carbonyl (C=O) groups excluding carboxylic acids is 1. The fourth-order valence-corrected chi connectivity index (χ4v) is 4.12. The molecule has 1 amide bonds. The highest BCUT2D eigenvalue weighted by molar-refractivity contribution is 7.10. The van der Waals surface area contributed by atoms with Gasteiger partial charge in [0.15, 0.2) is 0 Å². The average molecular weight is 292 g/mol. The van der Waals surface area contributed by atoms with Crippen molar-refractivity contribution < 1.29 is 4.79 Å². The molecule has 1 N–H and O–H groups in total. The van der Waals surface area contributed by atoms with E-state index < -0.39 is 0 Å². The summed E-state index contributed by atoms with van der Waals surface area (Å²) in [6.45, 7) is 0. The van der Waals surface area contributed by atoms with Crippen molar-refractivity contribution in [3.63, 3.8) is 0 Å². The molecule has 2 heterocycles. The average Bonchev–Trinajstić information content (AvgIpc) is 3.17. The summed E-state index contributed by atoms with van der Waals surface area (Å²) >= 11 is 3.18. The first-order chi connectivity index (χ1) is 9.34. The van der Waals surface area contributed by atoms with Crippen molar-refractivity contribution >= 4 is 28.6 Å². The molecule has 100 valence electrons. The highest BCUT2D eigenvalue weighted by atomic mass is 32.1. The maximum Gasteiger partial charge on any atom is 0.271 e. The van der Waals surface area contributed by atoms with Crippen LogP contribution >= 0.6 is 22.7 Å². The largest absolute Gasteiger partial charge is 0.343 e. The number of nitrogens with one attached hydrogen (secondary N) is 1. The van der Waals surface area contributed by atoms with Crippen molar-refractivity contribution in [2.45, 2.75) is 31.7 Å². The number of hydrogen-bond donors (Lipinski definition) is 1. The van der Waals surface area contributed by atoms with E-state index in [1.807, 2.05) is 0 Å². The van der Waals surface area contributed by atoms with Crippen molar-refractivity contribution in [2.24, 2.45) is 5.92 Å². The quantitative estimate of drug-likeness (QED) is 0.929. The van der Waals surface area contributed by atoms with Crippen LogP contribution < -0.4 is 5.32 Å². The summed E-state index contributed by atoms with van der Waals surface area (Å²) in [5, 5.41) is 7.06. The molecule has 0 aromatic carbocycles. The zero-order chi connectivity index (χ0) is 13.1. The smallest absolute Gasteiger partial charge is 0.271 e. The fourth-order valence-electron chi connectivity index (χ4n) is 2.72. The minimum Gasteiger partial charge on any atom is -0.343 e. The van der Waals surface area contributed by atoms with Gasteiger partial charge in [0.2, 0.25) is 0 Å². The van der Waals surface area contributed by atoms with E-state index in [0.717, 1.165) is 0 Å². The number of nitrogens with zero attached hydrogens (tertiary/aromatic N) is 1. The maximum absolute atomic E-state index is 12.2. The molecule has 0 radical (unpaired) electrons. The van der Waals surface area contributed by atoms with Gasteiger partial charge in [0.1, 0.15) is 5.69 Å². The molecule has 3 rings (SSSR count). The summed E-state index contributed by atoms with van der Waals surface area (Å²) in [7, 11) is 0. The molecule has 1 aliphatic carbocycles. The minimum atomic E-state index is -0.0495. The molecule has 19 heavy (non-hydrogen) atoms. The standard InChI is InChI=1S/C14H16N2OS2/c17-14(11-8-18-9-15-11)16-13(10-4-1-2-5-10)12-6-3-7-19-12/h3,6-10,13H,1-2,4-5H2,(H,16,17). The van der Waals surface area contributed by atoms with E-state index in [1.165, 1.54) is 41.9 Å². The van der Waals surface area contributed by atoms with Gasteiger partial charge >= 0.3 is 0 Å². The van der Waals surface area contributed by atoms with Crippen LogP contribution in [-0.4, -0.2) is 10.9 Å². The van der Waals surface area contributed by atoms with Crippen LogP contribution in [0.5, 0.6) is 0 Å². The van der Waals surface area contributed by atoms with E-state index in [2.05, 4.69) is 27.8 Å². The van der Waals surface area contributed by atoms with Gasteiger partial charge in [-0.25, -0.2) is 4.98 Å². The Morgan fingerprint density at radius 2 is 2.26 bits per heavy atom. The molecule has 3 nitrogen and oxygen atoms in total. The fraction of sp³-hybridized carbons (Fsp3) is 0.429. The molecule has 1 aliphatic rings. The summed E-state index contributed by atoms with van der Waals surface area (Å²) < 4.78 is 0. The zero-order valence-electron chi connectivity index (χ0n) is 10.5. The molecule has 2 aromatic heterocycles. The predicted molar refractivity (Wildman–Crippen MR) is 78.6 cm³/mol. The Balaban J connectivity index is 1.77. The Morgan fingerprint density at radius 1 is 1.42 bits per heavy atom. The van der Waals surface area contributed by atoms with Gasteiger partial charge < -0.3 is 5.32 Å². The first-order valence-corrected chi connectivity index (χ1v) is 8.39. The number of aromatic nitrogens is 1. The molecule has 0 saturated heterocycles. The summed E-state index contributed by atoms with van der Waals surface area (Å²) in [5.74, 6) is 0.521. The first kappa shape index (κ1) is 12.8. The third-order valence-corrected chi connectivity index (χ3v) is 5.21. The molecule has 0 spiro atoms. The Labute approximate surface area is 120 Å². The lowest BCUT2D eigenvalue weighted by Crippen LogP contribution is -2.32. The van der Waals surface area contributed by atoms with Gasteiger partial charge in [-0.05, 0) is 30.2 Å². The molecule has 2 aromatic rings.